The molecule has 0 aromatic heterocycles. The van der Waals surface area contributed by atoms with Crippen molar-refractivity contribution in [3.8, 4) is 5.75 Å². The standard InChI is InChI=1S/C29H19ClN2O5/c30-21-14-10-19(11-15-21)26-25(18-12-16-22(17-13-18)32(34)35)29(37-31-26)27(33)23-8-4-5-9-24(23)36-28(29)20-6-2-1-3-7-20/h1-17,25,28H. The predicted octanol–water partition coefficient (Wildman–Crippen LogP) is 6.52. The molecule has 3 unspecified atom stereocenters. The van der Waals surface area contributed by atoms with E-state index in [0.717, 1.165) is 5.56 Å². The molecule has 0 amide bonds. The number of halogens is 1. The number of ether oxygens (including phenoxy) is 1. The third-order valence-corrected chi connectivity index (χ3v) is 7.05. The number of benzene rings is 4. The number of nitrogens with zero attached hydrogens (tertiary/aromatic N) is 2. The van der Waals surface area contributed by atoms with E-state index in [9.17, 15) is 14.9 Å². The summed E-state index contributed by atoms with van der Waals surface area (Å²) in [6.45, 7) is 0. The highest BCUT2D eigenvalue weighted by Crippen LogP contribution is 2.54. The summed E-state index contributed by atoms with van der Waals surface area (Å²) < 4.78 is 6.49. The molecule has 2 aliphatic heterocycles. The van der Waals surface area contributed by atoms with Gasteiger partial charge in [-0.15, -0.1) is 0 Å². The number of ketones is 1. The third-order valence-electron chi connectivity index (χ3n) is 6.80. The second-order valence-electron chi connectivity index (χ2n) is 8.88. The number of carbonyl (C=O) groups excluding carboxylic acids is 1. The molecule has 182 valence electrons. The molecule has 0 fully saturated rings. The lowest BCUT2D eigenvalue weighted by atomic mass is 9.68. The molecular weight excluding hydrogens is 492 g/mol. The van der Waals surface area contributed by atoms with Gasteiger partial charge in [-0.25, -0.2) is 0 Å². The normalized spacial score (nSPS) is 22.1. The van der Waals surface area contributed by atoms with Crippen molar-refractivity contribution in [2.24, 2.45) is 5.16 Å². The summed E-state index contributed by atoms with van der Waals surface area (Å²) >= 11 is 6.13. The van der Waals surface area contributed by atoms with E-state index in [1.54, 1.807) is 42.5 Å². The molecule has 0 radical (unpaired) electrons. The maximum absolute atomic E-state index is 14.4. The van der Waals surface area contributed by atoms with Crippen LogP contribution in [-0.2, 0) is 4.84 Å². The minimum atomic E-state index is -1.60. The molecule has 2 heterocycles. The molecule has 0 saturated heterocycles. The molecule has 8 heteroatoms. The molecule has 0 aliphatic carbocycles. The summed E-state index contributed by atoms with van der Waals surface area (Å²) in [4.78, 5) is 31.5. The zero-order valence-corrected chi connectivity index (χ0v) is 20.0. The lowest BCUT2D eigenvalue weighted by Gasteiger charge is -2.42. The number of hydrogen-bond donors (Lipinski definition) is 0. The fourth-order valence-corrected chi connectivity index (χ4v) is 5.21. The van der Waals surface area contributed by atoms with Crippen LogP contribution >= 0.6 is 11.6 Å². The molecule has 1 spiro atoms. The minimum absolute atomic E-state index is 0.0575. The van der Waals surface area contributed by atoms with Crippen LogP contribution in [0.2, 0.25) is 5.02 Å². The molecule has 2 aliphatic rings. The number of Topliss-reactive ketones (excluding diaryl/α,β-unsaturated/α-hetero) is 1. The summed E-state index contributed by atoms with van der Waals surface area (Å²) in [5.41, 5.74) is 1.32. The SMILES string of the molecule is O=C1c2ccccc2OC(c2ccccc2)C12ON=C(c1ccc(Cl)cc1)C2c1ccc([N+](=O)[O-])cc1. The van der Waals surface area contributed by atoms with Gasteiger partial charge in [-0.2, -0.15) is 0 Å². The summed E-state index contributed by atoms with van der Waals surface area (Å²) in [6.07, 6.45) is -0.843. The Morgan fingerprint density at radius 1 is 0.838 bits per heavy atom. The van der Waals surface area contributed by atoms with Gasteiger partial charge in [-0.05, 0) is 35.4 Å². The average Bonchev–Trinajstić information content (AvgIpc) is 3.32. The molecular formula is C29H19ClN2O5. The zero-order chi connectivity index (χ0) is 25.6. The number of para-hydroxylation sites is 1. The van der Waals surface area contributed by atoms with Gasteiger partial charge in [-0.3, -0.25) is 14.9 Å². The number of nitro benzene ring substituents is 1. The topological polar surface area (TPSA) is 91.0 Å². The van der Waals surface area contributed by atoms with E-state index in [4.69, 9.17) is 21.2 Å². The van der Waals surface area contributed by atoms with Crippen molar-refractivity contribution in [2.75, 3.05) is 0 Å². The van der Waals surface area contributed by atoms with Gasteiger partial charge in [0.2, 0.25) is 5.78 Å². The van der Waals surface area contributed by atoms with E-state index >= 15 is 0 Å². The Balaban J connectivity index is 1.59. The number of non-ortho nitro benzene ring substituents is 1. The van der Waals surface area contributed by atoms with Crippen LogP contribution in [0.5, 0.6) is 5.75 Å². The van der Waals surface area contributed by atoms with E-state index in [0.29, 0.717) is 33.2 Å². The van der Waals surface area contributed by atoms with Crippen molar-refractivity contribution in [3.63, 3.8) is 0 Å². The first kappa shape index (κ1) is 22.9. The van der Waals surface area contributed by atoms with Gasteiger partial charge >= 0.3 is 0 Å². The summed E-state index contributed by atoms with van der Waals surface area (Å²) in [5, 5.41) is 16.4. The van der Waals surface area contributed by atoms with Crippen LogP contribution in [-0.4, -0.2) is 22.0 Å². The summed E-state index contributed by atoms with van der Waals surface area (Å²) in [6, 6.07) is 29.6. The van der Waals surface area contributed by atoms with Gasteiger partial charge in [0.15, 0.2) is 6.10 Å². The molecule has 7 nitrogen and oxygen atoms in total. The van der Waals surface area contributed by atoms with Crippen molar-refractivity contribution in [2.45, 2.75) is 17.6 Å². The number of hydrogen-bond acceptors (Lipinski definition) is 6. The van der Waals surface area contributed by atoms with Crippen LogP contribution in [0.1, 0.15) is 39.1 Å². The Morgan fingerprint density at radius 3 is 2.22 bits per heavy atom. The van der Waals surface area contributed by atoms with Crippen molar-refractivity contribution < 1.29 is 19.3 Å². The fraction of sp³-hybridized carbons (Fsp3) is 0.103. The Bertz CT molecular complexity index is 1540. The van der Waals surface area contributed by atoms with E-state index in [1.807, 2.05) is 48.5 Å². The maximum atomic E-state index is 14.4. The van der Waals surface area contributed by atoms with Gasteiger partial charge in [0, 0.05) is 22.7 Å². The van der Waals surface area contributed by atoms with Gasteiger partial charge < -0.3 is 9.57 Å². The first-order valence-electron chi connectivity index (χ1n) is 11.6. The van der Waals surface area contributed by atoms with E-state index < -0.39 is 22.5 Å². The Hall–Kier alpha value is -4.49. The van der Waals surface area contributed by atoms with Crippen LogP contribution in [0.3, 0.4) is 0 Å². The number of fused-ring (bicyclic) bond motifs is 1. The first-order valence-corrected chi connectivity index (χ1v) is 12.0. The van der Waals surface area contributed by atoms with Crippen LogP contribution in [0.25, 0.3) is 0 Å². The Labute approximate surface area is 217 Å². The number of nitro groups is 1. The van der Waals surface area contributed by atoms with Crippen LogP contribution < -0.4 is 4.74 Å². The molecule has 0 N–H and O–H groups in total. The van der Waals surface area contributed by atoms with Crippen molar-refractivity contribution in [3.05, 3.63) is 141 Å². The maximum Gasteiger partial charge on any atom is 0.269 e. The molecule has 0 bridgehead atoms. The van der Waals surface area contributed by atoms with Crippen LogP contribution in [0.15, 0.2) is 108 Å². The Kier molecular flexibility index (Phi) is 5.50. The quantitative estimate of drug-likeness (QED) is 0.230. The van der Waals surface area contributed by atoms with Crippen molar-refractivity contribution in [1.29, 1.82) is 0 Å². The predicted molar refractivity (Wildman–Crippen MR) is 138 cm³/mol. The lowest BCUT2D eigenvalue weighted by Crippen LogP contribution is -2.54. The number of carbonyl (C=O) groups is 1. The van der Waals surface area contributed by atoms with Gasteiger partial charge in [0.05, 0.1) is 22.1 Å². The minimum Gasteiger partial charge on any atom is -0.480 e. The highest BCUT2D eigenvalue weighted by Gasteiger charge is 2.64. The highest BCUT2D eigenvalue weighted by molar-refractivity contribution is 6.30. The number of rotatable bonds is 4. The summed E-state index contributed by atoms with van der Waals surface area (Å²) in [7, 11) is 0. The Morgan fingerprint density at radius 2 is 1.51 bits per heavy atom. The summed E-state index contributed by atoms with van der Waals surface area (Å²) in [5.74, 6) is -0.558. The van der Waals surface area contributed by atoms with Crippen molar-refractivity contribution >= 4 is 28.8 Å². The van der Waals surface area contributed by atoms with Gasteiger partial charge in [0.25, 0.3) is 11.3 Å². The van der Waals surface area contributed by atoms with E-state index in [1.165, 1.54) is 12.1 Å². The molecule has 0 saturated carbocycles. The first-order chi connectivity index (χ1) is 18.0. The van der Waals surface area contributed by atoms with Gasteiger partial charge in [0.1, 0.15) is 5.75 Å². The molecule has 4 aromatic carbocycles. The second kappa shape index (κ2) is 8.87. The smallest absolute Gasteiger partial charge is 0.269 e. The van der Waals surface area contributed by atoms with E-state index in [2.05, 4.69) is 5.16 Å². The molecule has 3 atom stereocenters. The van der Waals surface area contributed by atoms with Crippen LogP contribution in [0, 0.1) is 10.1 Å². The molecule has 4 aromatic rings. The number of oxime groups is 1. The largest absolute Gasteiger partial charge is 0.480 e. The average molecular weight is 511 g/mol. The lowest BCUT2D eigenvalue weighted by molar-refractivity contribution is -0.384. The fourth-order valence-electron chi connectivity index (χ4n) is 5.08. The highest BCUT2D eigenvalue weighted by atomic mass is 35.5. The van der Waals surface area contributed by atoms with Crippen molar-refractivity contribution in [1.82, 2.24) is 0 Å². The second-order valence-corrected chi connectivity index (χ2v) is 9.32. The molecule has 6 rings (SSSR count). The van der Waals surface area contributed by atoms with Gasteiger partial charge in [-0.1, -0.05) is 83.5 Å². The monoisotopic (exact) mass is 510 g/mol. The van der Waals surface area contributed by atoms with E-state index in [-0.39, 0.29) is 11.5 Å². The molecule has 37 heavy (non-hydrogen) atoms. The van der Waals surface area contributed by atoms with Crippen LogP contribution in [0.4, 0.5) is 5.69 Å². The zero-order valence-electron chi connectivity index (χ0n) is 19.3. The third kappa shape index (κ3) is 3.67.